The highest BCUT2D eigenvalue weighted by Crippen LogP contribution is 2.10. The van der Waals surface area contributed by atoms with E-state index in [2.05, 4.69) is 4.74 Å². The SMILES string of the molecule is CC(=O)O.COC(=O)c1ccccc1N. The van der Waals surface area contributed by atoms with Crippen LogP contribution >= 0.6 is 0 Å². The van der Waals surface area contributed by atoms with Crippen molar-refractivity contribution in [3.8, 4) is 0 Å². The Kier molecular flexibility index (Phi) is 5.55. The van der Waals surface area contributed by atoms with Crippen molar-refractivity contribution in [2.24, 2.45) is 0 Å². The van der Waals surface area contributed by atoms with Crippen LogP contribution in [0.3, 0.4) is 0 Å². The van der Waals surface area contributed by atoms with E-state index in [1.54, 1.807) is 24.3 Å². The number of nitrogen functional groups attached to an aromatic ring is 1. The number of carboxylic acids is 1. The highest BCUT2D eigenvalue weighted by molar-refractivity contribution is 5.94. The zero-order valence-corrected chi connectivity index (χ0v) is 8.56. The number of esters is 1. The molecule has 0 aliphatic rings. The first-order valence-corrected chi connectivity index (χ1v) is 4.11. The van der Waals surface area contributed by atoms with Crippen molar-refractivity contribution in [1.29, 1.82) is 0 Å². The number of nitrogens with two attached hydrogens (primary N) is 1. The molecule has 15 heavy (non-hydrogen) atoms. The summed E-state index contributed by atoms with van der Waals surface area (Å²) in [4.78, 5) is 19.9. The molecule has 0 saturated heterocycles. The lowest BCUT2D eigenvalue weighted by atomic mass is 10.2. The summed E-state index contributed by atoms with van der Waals surface area (Å²) in [6, 6.07) is 6.79. The third-order valence-corrected chi connectivity index (χ3v) is 1.37. The van der Waals surface area contributed by atoms with Gasteiger partial charge in [-0.05, 0) is 12.1 Å². The predicted molar refractivity (Wildman–Crippen MR) is 55.5 cm³/mol. The van der Waals surface area contributed by atoms with Gasteiger partial charge in [-0.2, -0.15) is 0 Å². The number of methoxy groups -OCH3 is 1. The number of anilines is 1. The Bertz CT molecular complexity index is 345. The summed E-state index contributed by atoms with van der Waals surface area (Å²) in [7, 11) is 1.33. The van der Waals surface area contributed by atoms with Crippen molar-refractivity contribution >= 4 is 17.6 Å². The largest absolute Gasteiger partial charge is 0.481 e. The van der Waals surface area contributed by atoms with E-state index in [-0.39, 0.29) is 0 Å². The second kappa shape index (κ2) is 6.42. The molecule has 0 radical (unpaired) electrons. The molecule has 0 heterocycles. The highest BCUT2D eigenvalue weighted by atomic mass is 16.5. The molecule has 0 spiro atoms. The molecule has 0 fully saturated rings. The van der Waals surface area contributed by atoms with Crippen LogP contribution in [0, 0.1) is 0 Å². The van der Waals surface area contributed by atoms with Crippen LogP contribution in [0.15, 0.2) is 24.3 Å². The summed E-state index contributed by atoms with van der Waals surface area (Å²) >= 11 is 0. The maximum Gasteiger partial charge on any atom is 0.339 e. The molecule has 0 amide bonds. The Morgan fingerprint density at radius 1 is 1.33 bits per heavy atom. The van der Waals surface area contributed by atoms with Gasteiger partial charge in [0, 0.05) is 12.6 Å². The van der Waals surface area contributed by atoms with E-state index in [0.29, 0.717) is 11.3 Å². The third-order valence-electron chi connectivity index (χ3n) is 1.37. The molecular formula is C10H13NO4. The van der Waals surface area contributed by atoms with Gasteiger partial charge in [0.2, 0.25) is 0 Å². The Morgan fingerprint density at radius 3 is 2.20 bits per heavy atom. The predicted octanol–water partition coefficient (Wildman–Crippen LogP) is 1.15. The molecule has 82 valence electrons. The lowest BCUT2D eigenvalue weighted by molar-refractivity contribution is -0.134. The van der Waals surface area contributed by atoms with Crippen molar-refractivity contribution in [3.05, 3.63) is 29.8 Å². The third kappa shape index (κ3) is 5.30. The van der Waals surface area contributed by atoms with Crippen LogP contribution in [0.5, 0.6) is 0 Å². The molecule has 0 unspecified atom stereocenters. The fourth-order valence-corrected chi connectivity index (χ4v) is 0.793. The van der Waals surface area contributed by atoms with E-state index >= 15 is 0 Å². The number of hydrogen-bond donors (Lipinski definition) is 2. The molecule has 0 aliphatic carbocycles. The number of ether oxygens (including phenoxy) is 1. The summed E-state index contributed by atoms with van der Waals surface area (Å²) in [6.45, 7) is 1.08. The second-order valence-corrected chi connectivity index (χ2v) is 2.60. The first-order chi connectivity index (χ1) is 6.99. The second-order valence-electron chi connectivity index (χ2n) is 2.60. The Balaban J connectivity index is 0.000000423. The van der Waals surface area contributed by atoms with Crippen molar-refractivity contribution in [1.82, 2.24) is 0 Å². The maximum atomic E-state index is 10.9. The van der Waals surface area contributed by atoms with Gasteiger partial charge in [0.1, 0.15) is 0 Å². The number of aliphatic carboxylic acids is 1. The Labute approximate surface area is 87.5 Å². The Hall–Kier alpha value is -2.04. The van der Waals surface area contributed by atoms with Crippen LogP contribution < -0.4 is 5.73 Å². The molecule has 1 aromatic carbocycles. The standard InChI is InChI=1S/C8H9NO2.C2H4O2/c1-11-8(10)6-4-2-3-5-7(6)9;1-2(3)4/h2-5H,9H2,1H3;1H3,(H,3,4). The van der Waals surface area contributed by atoms with Gasteiger partial charge in [0.05, 0.1) is 12.7 Å². The number of carbonyl (C=O) groups excluding carboxylic acids is 1. The average Bonchev–Trinajstić information content (AvgIpc) is 2.16. The van der Waals surface area contributed by atoms with Gasteiger partial charge in [0.25, 0.3) is 5.97 Å². The molecule has 0 saturated carbocycles. The maximum absolute atomic E-state index is 10.9. The molecular weight excluding hydrogens is 198 g/mol. The monoisotopic (exact) mass is 211 g/mol. The van der Waals surface area contributed by atoms with Gasteiger partial charge in [-0.25, -0.2) is 4.79 Å². The summed E-state index contributed by atoms with van der Waals surface area (Å²) < 4.78 is 4.50. The number of para-hydroxylation sites is 1. The van der Waals surface area contributed by atoms with Crippen LogP contribution in [0.2, 0.25) is 0 Å². The molecule has 0 bridgehead atoms. The van der Waals surface area contributed by atoms with E-state index in [4.69, 9.17) is 15.6 Å². The van der Waals surface area contributed by atoms with Crippen LogP contribution in [-0.2, 0) is 9.53 Å². The molecule has 5 nitrogen and oxygen atoms in total. The van der Waals surface area contributed by atoms with Gasteiger partial charge in [-0.1, -0.05) is 12.1 Å². The van der Waals surface area contributed by atoms with Crippen LogP contribution in [-0.4, -0.2) is 24.2 Å². The minimum atomic E-state index is -0.833. The van der Waals surface area contributed by atoms with E-state index < -0.39 is 11.9 Å². The van der Waals surface area contributed by atoms with Gasteiger partial charge >= 0.3 is 5.97 Å². The number of carbonyl (C=O) groups is 2. The fraction of sp³-hybridized carbons (Fsp3) is 0.200. The van der Waals surface area contributed by atoms with E-state index in [9.17, 15) is 4.79 Å². The van der Waals surface area contributed by atoms with Gasteiger partial charge in [-0.3, -0.25) is 4.79 Å². The van der Waals surface area contributed by atoms with Crippen molar-refractivity contribution in [3.63, 3.8) is 0 Å². The van der Waals surface area contributed by atoms with E-state index in [1.807, 2.05) is 0 Å². The molecule has 3 N–H and O–H groups in total. The van der Waals surface area contributed by atoms with Crippen LogP contribution in [0.1, 0.15) is 17.3 Å². The van der Waals surface area contributed by atoms with Crippen molar-refractivity contribution in [2.75, 3.05) is 12.8 Å². The highest BCUT2D eigenvalue weighted by Gasteiger charge is 2.06. The first-order valence-electron chi connectivity index (χ1n) is 4.11. The van der Waals surface area contributed by atoms with Crippen molar-refractivity contribution < 1.29 is 19.4 Å². The van der Waals surface area contributed by atoms with E-state index in [1.165, 1.54) is 7.11 Å². The number of rotatable bonds is 1. The molecule has 5 heteroatoms. The zero-order valence-electron chi connectivity index (χ0n) is 8.56. The smallest absolute Gasteiger partial charge is 0.339 e. The molecule has 0 aromatic heterocycles. The average molecular weight is 211 g/mol. The number of carboxylic acid groups (broad SMARTS) is 1. The molecule has 1 rings (SSSR count). The lowest BCUT2D eigenvalue weighted by Crippen LogP contribution is -2.04. The first kappa shape index (κ1) is 13.0. The molecule has 0 atom stereocenters. The van der Waals surface area contributed by atoms with Crippen LogP contribution in [0.4, 0.5) is 5.69 Å². The molecule has 0 aliphatic heterocycles. The normalized spacial score (nSPS) is 8.40. The molecule has 1 aromatic rings. The minimum absolute atomic E-state index is 0.400. The lowest BCUT2D eigenvalue weighted by Gasteiger charge is -2.00. The quantitative estimate of drug-likeness (QED) is 0.537. The van der Waals surface area contributed by atoms with Gasteiger partial charge in [0.15, 0.2) is 0 Å². The number of benzene rings is 1. The summed E-state index contributed by atoms with van der Waals surface area (Å²) in [5.74, 6) is -1.23. The summed E-state index contributed by atoms with van der Waals surface area (Å²) in [5.41, 5.74) is 6.35. The van der Waals surface area contributed by atoms with Crippen LogP contribution in [0.25, 0.3) is 0 Å². The van der Waals surface area contributed by atoms with Crippen molar-refractivity contribution in [2.45, 2.75) is 6.92 Å². The minimum Gasteiger partial charge on any atom is -0.481 e. The van der Waals surface area contributed by atoms with Gasteiger partial charge < -0.3 is 15.6 Å². The summed E-state index contributed by atoms with van der Waals surface area (Å²) in [6.07, 6.45) is 0. The fourth-order valence-electron chi connectivity index (χ4n) is 0.793. The Morgan fingerprint density at radius 2 is 1.80 bits per heavy atom. The zero-order chi connectivity index (χ0) is 11.8. The van der Waals surface area contributed by atoms with Gasteiger partial charge in [-0.15, -0.1) is 0 Å². The van der Waals surface area contributed by atoms with E-state index in [0.717, 1.165) is 6.92 Å². The topological polar surface area (TPSA) is 89.6 Å². The number of hydrogen-bond acceptors (Lipinski definition) is 4. The summed E-state index contributed by atoms with van der Waals surface area (Å²) in [5, 5.41) is 7.42.